The lowest BCUT2D eigenvalue weighted by Crippen LogP contribution is -2.27. The van der Waals surface area contributed by atoms with Crippen LogP contribution in [0.15, 0.2) is 48.5 Å². The van der Waals surface area contributed by atoms with Gasteiger partial charge in [0.1, 0.15) is 5.82 Å². The molecule has 0 radical (unpaired) electrons. The smallest absolute Gasteiger partial charge is 0.256 e. The van der Waals surface area contributed by atoms with Crippen molar-refractivity contribution in [3.63, 3.8) is 0 Å². The number of nitrogens with zero attached hydrogens (tertiary/aromatic N) is 2. The second-order valence-electron chi connectivity index (χ2n) is 4.45. The van der Waals surface area contributed by atoms with Crippen LogP contribution < -0.4 is 0 Å². The SMILES string of the molecule is CN(Cc1ccc(C#N)cc1)C(=O)c1ccccc1F. The van der Waals surface area contributed by atoms with Crippen LogP contribution in [0.1, 0.15) is 21.5 Å². The summed E-state index contributed by atoms with van der Waals surface area (Å²) in [4.78, 5) is 13.6. The highest BCUT2D eigenvalue weighted by atomic mass is 19.1. The minimum Gasteiger partial charge on any atom is -0.337 e. The van der Waals surface area contributed by atoms with E-state index in [1.165, 1.54) is 17.0 Å². The van der Waals surface area contributed by atoms with Crippen molar-refractivity contribution in [2.75, 3.05) is 7.05 Å². The lowest BCUT2D eigenvalue weighted by molar-refractivity contribution is 0.0780. The zero-order valence-corrected chi connectivity index (χ0v) is 11.0. The second-order valence-corrected chi connectivity index (χ2v) is 4.45. The first-order valence-electron chi connectivity index (χ1n) is 6.11. The Morgan fingerprint density at radius 2 is 1.85 bits per heavy atom. The molecule has 2 aromatic rings. The third-order valence-corrected chi connectivity index (χ3v) is 2.95. The standard InChI is InChI=1S/C16H13FN2O/c1-19(11-13-8-6-12(10-18)7-9-13)16(20)14-4-2-3-5-15(14)17/h2-9H,11H2,1H3. The fraction of sp³-hybridized carbons (Fsp3) is 0.125. The van der Waals surface area contributed by atoms with Gasteiger partial charge in [-0.25, -0.2) is 4.39 Å². The maximum absolute atomic E-state index is 13.6. The molecule has 0 aliphatic carbocycles. The third-order valence-electron chi connectivity index (χ3n) is 2.95. The van der Waals surface area contributed by atoms with E-state index < -0.39 is 5.82 Å². The van der Waals surface area contributed by atoms with E-state index in [-0.39, 0.29) is 11.5 Å². The zero-order valence-electron chi connectivity index (χ0n) is 11.0. The molecule has 100 valence electrons. The Morgan fingerprint density at radius 3 is 2.45 bits per heavy atom. The van der Waals surface area contributed by atoms with Gasteiger partial charge in [-0.3, -0.25) is 4.79 Å². The summed E-state index contributed by atoms with van der Waals surface area (Å²) in [7, 11) is 1.62. The average molecular weight is 268 g/mol. The Hall–Kier alpha value is -2.67. The monoisotopic (exact) mass is 268 g/mol. The number of carbonyl (C=O) groups is 1. The van der Waals surface area contributed by atoms with Gasteiger partial charge in [0.25, 0.3) is 5.91 Å². The van der Waals surface area contributed by atoms with Crippen molar-refractivity contribution in [2.45, 2.75) is 6.54 Å². The van der Waals surface area contributed by atoms with Crippen molar-refractivity contribution in [3.8, 4) is 6.07 Å². The van der Waals surface area contributed by atoms with Gasteiger partial charge in [0.05, 0.1) is 17.2 Å². The molecule has 0 fully saturated rings. The summed E-state index contributed by atoms with van der Waals surface area (Å²) in [5.74, 6) is -0.892. The van der Waals surface area contributed by atoms with E-state index in [2.05, 4.69) is 0 Å². The van der Waals surface area contributed by atoms with Crippen LogP contribution in [-0.4, -0.2) is 17.9 Å². The van der Waals surface area contributed by atoms with Gasteiger partial charge in [-0.05, 0) is 29.8 Å². The van der Waals surface area contributed by atoms with E-state index in [0.29, 0.717) is 12.1 Å². The topological polar surface area (TPSA) is 44.1 Å². The number of hydrogen-bond acceptors (Lipinski definition) is 2. The Balaban J connectivity index is 2.11. The van der Waals surface area contributed by atoms with E-state index >= 15 is 0 Å². The zero-order chi connectivity index (χ0) is 14.5. The lowest BCUT2D eigenvalue weighted by atomic mass is 10.1. The molecular weight excluding hydrogens is 255 g/mol. The molecule has 0 N–H and O–H groups in total. The first-order valence-corrected chi connectivity index (χ1v) is 6.11. The van der Waals surface area contributed by atoms with Gasteiger partial charge >= 0.3 is 0 Å². The normalized spacial score (nSPS) is 9.85. The highest BCUT2D eigenvalue weighted by molar-refractivity contribution is 5.94. The van der Waals surface area contributed by atoms with Gasteiger partial charge in [-0.1, -0.05) is 24.3 Å². The van der Waals surface area contributed by atoms with E-state index in [0.717, 1.165) is 5.56 Å². The minimum atomic E-state index is -0.524. The highest BCUT2D eigenvalue weighted by Gasteiger charge is 2.15. The van der Waals surface area contributed by atoms with Gasteiger partial charge in [0, 0.05) is 13.6 Å². The fourth-order valence-corrected chi connectivity index (χ4v) is 1.87. The Kier molecular flexibility index (Phi) is 4.11. The van der Waals surface area contributed by atoms with Crippen molar-refractivity contribution >= 4 is 5.91 Å². The molecule has 0 unspecified atom stereocenters. The summed E-state index contributed by atoms with van der Waals surface area (Å²) in [5, 5.41) is 8.72. The van der Waals surface area contributed by atoms with Crippen molar-refractivity contribution in [1.29, 1.82) is 5.26 Å². The van der Waals surface area contributed by atoms with E-state index in [1.54, 1.807) is 43.4 Å². The average Bonchev–Trinajstić information content (AvgIpc) is 2.48. The number of rotatable bonds is 3. The summed E-state index contributed by atoms with van der Waals surface area (Å²) in [5.41, 5.74) is 1.51. The predicted molar refractivity (Wildman–Crippen MR) is 73.4 cm³/mol. The number of nitriles is 1. The van der Waals surface area contributed by atoms with Crippen molar-refractivity contribution in [1.82, 2.24) is 4.90 Å². The van der Waals surface area contributed by atoms with E-state index in [1.807, 2.05) is 6.07 Å². The first kappa shape index (κ1) is 13.8. The van der Waals surface area contributed by atoms with Gasteiger partial charge < -0.3 is 4.90 Å². The molecule has 0 atom stereocenters. The van der Waals surface area contributed by atoms with Gasteiger partial charge in [0.15, 0.2) is 0 Å². The minimum absolute atomic E-state index is 0.0589. The Labute approximate surface area is 116 Å². The highest BCUT2D eigenvalue weighted by Crippen LogP contribution is 2.12. The molecule has 3 nitrogen and oxygen atoms in total. The van der Waals surface area contributed by atoms with E-state index in [9.17, 15) is 9.18 Å². The van der Waals surface area contributed by atoms with Crippen LogP contribution in [0.25, 0.3) is 0 Å². The largest absolute Gasteiger partial charge is 0.337 e. The van der Waals surface area contributed by atoms with Crippen LogP contribution >= 0.6 is 0 Å². The van der Waals surface area contributed by atoms with Crippen LogP contribution in [-0.2, 0) is 6.54 Å². The lowest BCUT2D eigenvalue weighted by Gasteiger charge is -2.17. The molecule has 1 amide bonds. The number of hydrogen-bond donors (Lipinski definition) is 0. The molecule has 0 saturated heterocycles. The Bertz CT molecular complexity index is 659. The van der Waals surface area contributed by atoms with Crippen molar-refractivity contribution in [3.05, 3.63) is 71.0 Å². The number of carbonyl (C=O) groups excluding carboxylic acids is 1. The molecule has 0 spiro atoms. The van der Waals surface area contributed by atoms with Gasteiger partial charge in [0.2, 0.25) is 0 Å². The summed E-state index contributed by atoms with van der Waals surface area (Å²) < 4.78 is 13.6. The van der Waals surface area contributed by atoms with Crippen LogP contribution in [0, 0.1) is 17.1 Å². The first-order chi connectivity index (χ1) is 9.61. The Morgan fingerprint density at radius 1 is 1.20 bits per heavy atom. The number of halogens is 1. The summed E-state index contributed by atoms with van der Waals surface area (Å²) in [6.45, 7) is 0.360. The third kappa shape index (κ3) is 3.01. The van der Waals surface area contributed by atoms with Crippen molar-refractivity contribution in [2.24, 2.45) is 0 Å². The van der Waals surface area contributed by atoms with Crippen LogP contribution in [0.5, 0.6) is 0 Å². The predicted octanol–water partition coefficient (Wildman–Crippen LogP) is 2.97. The molecule has 0 bridgehead atoms. The molecule has 0 aliphatic heterocycles. The maximum atomic E-state index is 13.6. The van der Waals surface area contributed by atoms with Crippen LogP contribution in [0.2, 0.25) is 0 Å². The molecule has 0 saturated carbocycles. The fourth-order valence-electron chi connectivity index (χ4n) is 1.87. The number of amides is 1. The summed E-state index contributed by atoms with van der Waals surface area (Å²) in [6, 6.07) is 14.9. The summed E-state index contributed by atoms with van der Waals surface area (Å²) >= 11 is 0. The molecule has 0 aromatic heterocycles. The molecule has 20 heavy (non-hydrogen) atoms. The summed E-state index contributed by atoms with van der Waals surface area (Å²) in [6.07, 6.45) is 0. The van der Waals surface area contributed by atoms with Crippen molar-refractivity contribution < 1.29 is 9.18 Å². The molecule has 0 heterocycles. The van der Waals surface area contributed by atoms with Crippen LogP contribution in [0.4, 0.5) is 4.39 Å². The molecule has 4 heteroatoms. The van der Waals surface area contributed by atoms with Gasteiger partial charge in [-0.2, -0.15) is 5.26 Å². The maximum Gasteiger partial charge on any atom is 0.256 e. The quantitative estimate of drug-likeness (QED) is 0.859. The molecular formula is C16H13FN2O. The number of benzene rings is 2. The molecule has 2 rings (SSSR count). The van der Waals surface area contributed by atoms with E-state index in [4.69, 9.17) is 5.26 Å². The molecule has 2 aromatic carbocycles. The molecule has 0 aliphatic rings. The van der Waals surface area contributed by atoms with Crippen LogP contribution in [0.3, 0.4) is 0 Å². The second kappa shape index (κ2) is 5.98. The van der Waals surface area contributed by atoms with Gasteiger partial charge in [-0.15, -0.1) is 0 Å².